The molecule has 0 saturated heterocycles. The van der Waals surface area contributed by atoms with E-state index in [-0.39, 0.29) is 18.1 Å². The van der Waals surface area contributed by atoms with E-state index < -0.39 is 11.4 Å². The lowest BCUT2D eigenvalue weighted by molar-refractivity contribution is -0.154. The molecule has 17 heavy (non-hydrogen) atoms. The van der Waals surface area contributed by atoms with Crippen molar-refractivity contribution in [3.05, 3.63) is 29.6 Å². The van der Waals surface area contributed by atoms with Gasteiger partial charge in [-0.3, -0.25) is 4.79 Å². The standard InChI is InChI=1S/C13H18FNO2/c1-13(2,3)17-11(16)8-7-9-5-4-6-10(15)12(9)14/h4-6H,7-8,15H2,1-3H3. The zero-order chi connectivity index (χ0) is 13.1. The van der Waals surface area contributed by atoms with Gasteiger partial charge in [-0.2, -0.15) is 0 Å². The van der Waals surface area contributed by atoms with Gasteiger partial charge >= 0.3 is 5.97 Å². The molecule has 0 radical (unpaired) electrons. The number of halogens is 1. The highest BCUT2D eigenvalue weighted by atomic mass is 19.1. The van der Waals surface area contributed by atoms with Crippen LogP contribution in [0.3, 0.4) is 0 Å². The number of hydrogen-bond acceptors (Lipinski definition) is 3. The largest absolute Gasteiger partial charge is 0.460 e. The second kappa shape index (κ2) is 5.17. The molecule has 0 aliphatic rings. The fourth-order valence-electron chi connectivity index (χ4n) is 1.42. The fourth-order valence-corrected chi connectivity index (χ4v) is 1.42. The van der Waals surface area contributed by atoms with E-state index in [1.165, 1.54) is 6.07 Å². The third-order valence-corrected chi connectivity index (χ3v) is 2.13. The molecule has 0 atom stereocenters. The smallest absolute Gasteiger partial charge is 0.306 e. The molecule has 0 aliphatic heterocycles. The molecule has 0 aromatic heterocycles. The zero-order valence-electron chi connectivity index (χ0n) is 10.4. The average Bonchev–Trinajstić information content (AvgIpc) is 2.18. The summed E-state index contributed by atoms with van der Waals surface area (Å²) < 4.78 is 18.6. The molecule has 0 bridgehead atoms. The normalized spacial score (nSPS) is 11.3. The van der Waals surface area contributed by atoms with Gasteiger partial charge in [-0.05, 0) is 38.8 Å². The van der Waals surface area contributed by atoms with Gasteiger partial charge in [0.15, 0.2) is 0 Å². The third-order valence-electron chi connectivity index (χ3n) is 2.13. The van der Waals surface area contributed by atoms with Crippen LogP contribution in [0.15, 0.2) is 18.2 Å². The molecule has 2 N–H and O–H groups in total. The van der Waals surface area contributed by atoms with Crippen LogP contribution in [0, 0.1) is 5.82 Å². The Bertz CT molecular complexity index is 410. The molecule has 0 fully saturated rings. The van der Waals surface area contributed by atoms with Crippen LogP contribution >= 0.6 is 0 Å². The number of benzene rings is 1. The Labute approximate surface area is 101 Å². The Morgan fingerprint density at radius 3 is 2.65 bits per heavy atom. The molecule has 3 nitrogen and oxygen atoms in total. The maximum Gasteiger partial charge on any atom is 0.306 e. The van der Waals surface area contributed by atoms with Gasteiger partial charge in [0.05, 0.1) is 5.69 Å². The lowest BCUT2D eigenvalue weighted by Gasteiger charge is -2.19. The SMILES string of the molecule is CC(C)(C)OC(=O)CCc1cccc(N)c1F. The number of carbonyl (C=O) groups is 1. The highest BCUT2D eigenvalue weighted by molar-refractivity contribution is 5.70. The topological polar surface area (TPSA) is 52.3 Å². The zero-order valence-corrected chi connectivity index (χ0v) is 10.4. The molecular formula is C13H18FNO2. The summed E-state index contributed by atoms with van der Waals surface area (Å²) in [5, 5.41) is 0. The van der Waals surface area contributed by atoms with Crippen LogP contribution < -0.4 is 5.73 Å². The molecule has 1 aromatic carbocycles. The second-order valence-corrected chi connectivity index (χ2v) is 4.91. The van der Waals surface area contributed by atoms with Crippen LogP contribution in [0.25, 0.3) is 0 Å². The molecule has 0 spiro atoms. The molecule has 0 saturated carbocycles. The molecule has 0 unspecified atom stereocenters. The lowest BCUT2D eigenvalue weighted by Crippen LogP contribution is -2.24. The monoisotopic (exact) mass is 239 g/mol. The Balaban J connectivity index is 2.56. The highest BCUT2D eigenvalue weighted by Crippen LogP contribution is 2.17. The van der Waals surface area contributed by atoms with Crippen molar-refractivity contribution < 1.29 is 13.9 Å². The summed E-state index contributed by atoms with van der Waals surface area (Å²) in [5.41, 5.74) is 5.47. The number of anilines is 1. The maximum atomic E-state index is 13.5. The Hall–Kier alpha value is -1.58. The lowest BCUT2D eigenvalue weighted by atomic mass is 10.1. The van der Waals surface area contributed by atoms with Gasteiger partial charge in [-0.15, -0.1) is 0 Å². The molecule has 94 valence electrons. The molecule has 4 heteroatoms. The van der Waals surface area contributed by atoms with Crippen molar-refractivity contribution in [2.45, 2.75) is 39.2 Å². The predicted octanol–water partition coefficient (Wildman–Crippen LogP) is 2.68. The Morgan fingerprint density at radius 2 is 2.06 bits per heavy atom. The van der Waals surface area contributed by atoms with Crippen molar-refractivity contribution in [3.63, 3.8) is 0 Å². The average molecular weight is 239 g/mol. The summed E-state index contributed by atoms with van der Waals surface area (Å²) in [4.78, 5) is 11.5. The van der Waals surface area contributed by atoms with Gasteiger partial charge in [0, 0.05) is 6.42 Å². The van der Waals surface area contributed by atoms with Crippen molar-refractivity contribution >= 4 is 11.7 Å². The molecular weight excluding hydrogens is 221 g/mol. The first-order chi connectivity index (χ1) is 7.79. The van der Waals surface area contributed by atoms with Crippen LogP contribution in [0.2, 0.25) is 0 Å². The molecule has 1 aromatic rings. The number of nitrogens with two attached hydrogens (primary N) is 1. The quantitative estimate of drug-likeness (QED) is 0.651. The minimum Gasteiger partial charge on any atom is -0.460 e. The van der Waals surface area contributed by atoms with Crippen molar-refractivity contribution in [2.24, 2.45) is 0 Å². The third kappa shape index (κ3) is 4.43. The summed E-state index contributed by atoms with van der Waals surface area (Å²) in [7, 11) is 0. The minimum absolute atomic E-state index is 0.103. The summed E-state index contributed by atoms with van der Waals surface area (Å²) in [6.07, 6.45) is 0.448. The van der Waals surface area contributed by atoms with E-state index in [9.17, 15) is 9.18 Å². The van der Waals surface area contributed by atoms with Crippen molar-refractivity contribution in [1.29, 1.82) is 0 Å². The van der Waals surface area contributed by atoms with Crippen LogP contribution in [-0.4, -0.2) is 11.6 Å². The van der Waals surface area contributed by atoms with Gasteiger partial charge in [0.2, 0.25) is 0 Å². The van der Waals surface area contributed by atoms with E-state index in [0.29, 0.717) is 12.0 Å². The number of nitrogen functional groups attached to an aromatic ring is 1. The first kappa shape index (κ1) is 13.5. The first-order valence-electron chi connectivity index (χ1n) is 5.54. The Kier molecular flexibility index (Phi) is 4.10. The number of esters is 1. The summed E-state index contributed by atoms with van der Waals surface area (Å²) in [5.74, 6) is -0.782. The van der Waals surface area contributed by atoms with E-state index in [4.69, 9.17) is 10.5 Å². The van der Waals surface area contributed by atoms with Crippen LogP contribution in [0.1, 0.15) is 32.8 Å². The van der Waals surface area contributed by atoms with Crippen LogP contribution in [-0.2, 0) is 16.0 Å². The van der Waals surface area contributed by atoms with Gasteiger partial charge in [-0.1, -0.05) is 12.1 Å². The number of ether oxygens (including phenoxy) is 1. The molecule has 0 heterocycles. The molecule has 1 rings (SSSR count). The second-order valence-electron chi connectivity index (χ2n) is 4.91. The maximum absolute atomic E-state index is 13.5. The van der Waals surface area contributed by atoms with Crippen LogP contribution in [0.5, 0.6) is 0 Å². The van der Waals surface area contributed by atoms with Crippen molar-refractivity contribution in [3.8, 4) is 0 Å². The molecule has 0 amide bonds. The van der Waals surface area contributed by atoms with Gasteiger partial charge in [0.25, 0.3) is 0 Å². The van der Waals surface area contributed by atoms with E-state index in [1.54, 1.807) is 32.9 Å². The van der Waals surface area contributed by atoms with Crippen LogP contribution in [0.4, 0.5) is 10.1 Å². The van der Waals surface area contributed by atoms with Gasteiger partial charge in [-0.25, -0.2) is 4.39 Å². The number of aryl methyl sites for hydroxylation is 1. The Morgan fingerprint density at radius 1 is 1.41 bits per heavy atom. The predicted molar refractivity (Wildman–Crippen MR) is 65.0 cm³/mol. The van der Waals surface area contributed by atoms with Crippen molar-refractivity contribution in [1.82, 2.24) is 0 Å². The van der Waals surface area contributed by atoms with E-state index >= 15 is 0 Å². The van der Waals surface area contributed by atoms with Gasteiger partial charge in [0.1, 0.15) is 11.4 Å². The highest BCUT2D eigenvalue weighted by Gasteiger charge is 2.16. The van der Waals surface area contributed by atoms with Gasteiger partial charge < -0.3 is 10.5 Å². The van der Waals surface area contributed by atoms with E-state index in [1.807, 2.05) is 0 Å². The van der Waals surface area contributed by atoms with E-state index in [2.05, 4.69) is 0 Å². The first-order valence-corrected chi connectivity index (χ1v) is 5.54. The molecule has 0 aliphatic carbocycles. The summed E-state index contributed by atoms with van der Waals surface area (Å²) in [6, 6.07) is 4.78. The minimum atomic E-state index is -0.509. The summed E-state index contributed by atoms with van der Waals surface area (Å²) in [6.45, 7) is 5.39. The number of rotatable bonds is 3. The van der Waals surface area contributed by atoms with E-state index in [0.717, 1.165) is 0 Å². The van der Waals surface area contributed by atoms with Crippen molar-refractivity contribution in [2.75, 3.05) is 5.73 Å². The fraction of sp³-hybridized carbons (Fsp3) is 0.462. The number of hydrogen-bond donors (Lipinski definition) is 1. The number of carbonyl (C=O) groups excluding carboxylic acids is 1. The summed E-state index contributed by atoms with van der Waals surface area (Å²) >= 11 is 0.